The van der Waals surface area contributed by atoms with Crippen LogP contribution in [-0.2, 0) is 5.54 Å². The second-order valence-corrected chi connectivity index (χ2v) is 8.72. The monoisotopic (exact) mass is 467 g/mol. The van der Waals surface area contributed by atoms with Gasteiger partial charge in [-0.3, -0.25) is 4.79 Å². The number of aromatic carboxylic acids is 1. The average Bonchev–Trinajstić information content (AvgIpc) is 3.31. The highest BCUT2D eigenvalue weighted by molar-refractivity contribution is 6.04. The molecule has 0 saturated heterocycles. The number of carboxylic acids is 1. The first-order valence-corrected chi connectivity index (χ1v) is 11.4. The van der Waals surface area contributed by atoms with E-state index in [4.69, 9.17) is 9.47 Å². The summed E-state index contributed by atoms with van der Waals surface area (Å²) >= 11 is 0. The molecule has 0 radical (unpaired) electrons. The summed E-state index contributed by atoms with van der Waals surface area (Å²) in [4.78, 5) is 25.1. The van der Waals surface area contributed by atoms with Crippen LogP contribution in [0.3, 0.4) is 0 Å². The van der Waals surface area contributed by atoms with Crippen LogP contribution in [0.1, 0.15) is 36.0 Å². The number of pyridine rings is 1. The Balaban J connectivity index is 1.63. The van der Waals surface area contributed by atoms with E-state index in [0.717, 1.165) is 25.7 Å². The highest BCUT2D eigenvalue weighted by Gasteiger charge is 2.43. The molecular weight excluding hydrogens is 441 g/mol. The van der Waals surface area contributed by atoms with Gasteiger partial charge in [0.05, 0.1) is 22.1 Å². The Kier molecular flexibility index (Phi) is 5.55. The third kappa shape index (κ3) is 3.43. The predicted molar refractivity (Wildman–Crippen MR) is 127 cm³/mol. The lowest BCUT2D eigenvalue weighted by Gasteiger charge is -2.39. The molecule has 34 heavy (non-hydrogen) atoms. The fraction of sp³-hybridized carbons (Fsp3) is 0.360. The third-order valence-corrected chi connectivity index (χ3v) is 6.77. The van der Waals surface area contributed by atoms with Gasteiger partial charge in [0.1, 0.15) is 30.2 Å². The van der Waals surface area contributed by atoms with Gasteiger partial charge in [0, 0.05) is 19.8 Å². The fourth-order valence-corrected chi connectivity index (χ4v) is 5.14. The lowest BCUT2D eigenvalue weighted by molar-refractivity contribution is 0.0692. The van der Waals surface area contributed by atoms with Gasteiger partial charge in [-0.15, -0.1) is 0 Å². The van der Waals surface area contributed by atoms with Gasteiger partial charge >= 0.3 is 5.97 Å². The minimum absolute atomic E-state index is 0.00744. The number of nitrogens with one attached hydrogen (secondary N) is 2. The van der Waals surface area contributed by atoms with E-state index in [2.05, 4.69) is 10.6 Å². The molecule has 1 fully saturated rings. The maximum atomic E-state index is 15.7. The third-order valence-electron chi connectivity index (χ3n) is 6.77. The Labute approximate surface area is 195 Å². The van der Waals surface area contributed by atoms with Crippen molar-refractivity contribution in [1.82, 2.24) is 4.57 Å². The van der Waals surface area contributed by atoms with Crippen LogP contribution in [0.25, 0.3) is 10.9 Å². The molecule has 3 aromatic rings. The zero-order valence-electron chi connectivity index (χ0n) is 18.8. The normalized spacial score (nSPS) is 15.8. The van der Waals surface area contributed by atoms with Gasteiger partial charge in [0.2, 0.25) is 5.43 Å². The standard InChI is InChI=1S/C25H26FN3O5/c1-27-19-17-21-23(20(18(19)26)28-11-12-33-15-7-3-2-4-8-15)34-14-25(9-5-6-10-25)29(21)13-16(22(17)30)24(31)32/h2-4,7-8,13,27-28H,5-6,9-12,14H2,1H3,(H,31,32). The van der Waals surface area contributed by atoms with Gasteiger partial charge in [-0.1, -0.05) is 31.0 Å². The summed E-state index contributed by atoms with van der Waals surface area (Å²) in [5.41, 5.74) is -1.08. The maximum Gasteiger partial charge on any atom is 0.341 e. The number of halogens is 1. The summed E-state index contributed by atoms with van der Waals surface area (Å²) in [6, 6.07) is 9.30. The van der Waals surface area contributed by atoms with E-state index in [1.807, 2.05) is 34.9 Å². The van der Waals surface area contributed by atoms with Gasteiger partial charge in [0.25, 0.3) is 0 Å². The summed E-state index contributed by atoms with van der Waals surface area (Å²) in [7, 11) is 1.51. The van der Waals surface area contributed by atoms with Gasteiger partial charge in [0.15, 0.2) is 11.6 Å². The first-order valence-electron chi connectivity index (χ1n) is 11.4. The minimum atomic E-state index is -1.33. The van der Waals surface area contributed by atoms with Crippen LogP contribution < -0.4 is 25.5 Å². The molecule has 1 saturated carbocycles. The number of hydrogen-bond donors (Lipinski definition) is 3. The second kappa shape index (κ2) is 8.55. The highest BCUT2D eigenvalue weighted by atomic mass is 19.1. The van der Waals surface area contributed by atoms with Gasteiger partial charge in [-0.2, -0.15) is 0 Å². The summed E-state index contributed by atoms with van der Waals surface area (Å²) < 4.78 is 29.4. The van der Waals surface area contributed by atoms with Crippen LogP contribution >= 0.6 is 0 Å². The van der Waals surface area contributed by atoms with E-state index in [-0.39, 0.29) is 41.3 Å². The number of carboxylic acid groups (broad SMARTS) is 1. The van der Waals surface area contributed by atoms with Gasteiger partial charge < -0.3 is 29.8 Å². The number of aromatic nitrogens is 1. The van der Waals surface area contributed by atoms with Crippen molar-refractivity contribution >= 4 is 28.2 Å². The van der Waals surface area contributed by atoms with Crippen molar-refractivity contribution < 1.29 is 23.8 Å². The number of nitrogens with zero attached hydrogens (tertiary/aromatic N) is 1. The van der Waals surface area contributed by atoms with E-state index in [0.29, 0.717) is 17.8 Å². The largest absolute Gasteiger partial charge is 0.492 e. The lowest BCUT2D eigenvalue weighted by Crippen LogP contribution is -2.42. The van der Waals surface area contributed by atoms with E-state index in [1.54, 1.807) is 0 Å². The Morgan fingerprint density at radius 3 is 2.65 bits per heavy atom. The quantitative estimate of drug-likeness (QED) is 0.451. The number of anilines is 2. The summed E-state index contributed by atoms with van der Waals surface area (Å²) in [6.45, 7) is 0.856. The van der Waals surface area contributed by atoms with E-state index < -0.39 is 22.8 Å². The molecule has 3 N–H and O–H groups in total. The Morgan fingerprint density at radius 1 is 1.24 bits per heavy atom. The molecule has 8 nitrogen and oxygen atoms in total. The topological polar surface area (TPSA) is 102 Å². The lowest BCUT2D eigenvalue weighted by atomic mass is 9.93. The summed E-state index contributed by atoms with van der Waals surface area (Å²) in [5.74, 6) is -1.11. The zero-order chi connectivity index (χ0) is 23.9. The van der Waals surface area contributed by atoms with Crippen molar-refractivity contribution in [2.45, 2.75) is 31.2 Å². The Bertz CT molecular complexity index is 1320. The molecule has 2 aromatic carbocycles. The number of rotatable bonds is 7. The molecule has 0 unspecified atom stereocenters. The number of carbonyl (C=O) groups is 1. The highest BCUT2D eigenvalue weighted by Crippen LogP contribution is 2.49. The Morgan fingerprint density at radius 2 is 1.97 bits per heavy atom. The number of fused-ring (bicyclic) bond motifs is 1. The molecule has 0 amide bonds. The smallest absolute Gasteiger partial charge is 0.341 e. The van der Waals surface area contributed by atoms with E-state index in [9.17, 15) is 14.7 Å². The fourth-order valence-electron chi connectivity index (χ4n) is 5.14. The minimum Gasteiger partial charge on any atom is -0.492 e. The molecule has 5 rings (SSSR count). The molecule has 1 aliphatic heterocycles. The van der Waals surface area contributed by atoms with Crippen molar-refractivity contribution in [3.8, 4) is 11.5 Å². The van der Waals surface area contributed by atoms with Crippen LogP contribution in [0.5, 0.6) is 11.5 Å². The first kappa shape index (κ1) is 22.1. The number of ether oxygens (including phenoxy) is 2. The van der Waals surface area contributed by atoms with Crippen LogP contribution in [0.2, 0.25) is 0 Å². The van der Waals surface area contributed by atoms with E-state index in [1.165, 1.54) is 13.2 Å². The molecule has 2 heterocycles. The van der Waals surface area contributed by atoms with Gasteiger partial charge in [-0.05, 0) is 25.0 Å². The molecule has 9 heteroatoms. The average molecular weight is 467 g/mol. The molecule has 1 aliphatic carbocycles. The number of para-hydroxylation sites is 1. The molecule has 2 aliphatic rings. The van der Waals surface area contributed by atoms with Crippen molar-refractivity contribution in [2.75, 3.05) is 37.4 Å². The molecule has 0 atom stereocenters. The predicted octanol–water partition coefficient (Wildman–Crippen LogP) is 4.03. The van der Waals surface area contributed by atoms with Crippen molar-refractivity contribution in [3.63, 3.8) is 0 Å². The summed E-state index contributed by atoms with van der Waals surface area (Å²) in [6.07, 6.45) is 4.93. The van der Waals surface area contributed by atoms with Crippen LogP contribution in [0.15, 0.2) is 41.3 Å². The zero-order valence-corrected chi connectivity index (χ0v) is 18.8. The van der Waals surface area contributed by atoms with Crippen molar-refractivity contribution in [1.29, 1.82) is 0 Å². The molecule has 178 valence electrons. The van der Waals surface area contributed by atoms with Crippen LogP contribution in [0.4, 0.5) is 15.8 Å². The first-order chi connectivity index (χ1) is 16.5. The molecule has 0 bridgehead atoms. The molecular formula is C25H26FN3O5. The SMILES string of the molecule is CNc1c(F)c(NCCOc2ccccc2)c2c3c1c(=O)c(C(=O)O)cn3C1(CCCC1)CO2. The van der Waals surface area contributed by atoms with E-state index >= 15 is 4.39 Å². The number of benzene rings is 2. The van der Waals surface area contributed by atoms with Crippen LogP contribution in [0, 0.1) is 5.82 Å². The second-order valence-electron chi connectivity index (χ2n) is 8.72. The van der Waals surface area contributed by atoms with Gasteiger partial charge in [-0.25, -0.2) is 9.18 Å². The van der Waals surface area contributed by atoms with Crippen molar-refractivity contribution in [3.05, 3.63) is 58.1 Å². The maximum absolute atomic E-state index is 15.7. The summed E-state index contributed by atoms with van der Waals surface area (Å²) in [5, 5.41) is 15.5. The number of hydrogen-bond acceptors (Lipinski definition) is 6. The molecule has 1 aromatic heterocycles. The van der Waals surface area contributed by atoms with Crippen LogP contribution in [-0.4, -0.2) is 42.4 Å². The van der Waals surface area contributed by atoms with Crippen molar-refractivity contribution in [2.24, 2.45) is 0 Å². The molecule has 1 spiro atoms. The Hall–Kier alpha value is -3.75.